The number of tetrazole rings is 1. The van der Waals surface area contributed by atoms with Crippen molar-refractivity contribution in [2.24, 2.45) is 0 Å². The van der Waals surface area contributed by atoms with Crippen molar-refractivity contribution in [3.8, 4) is 0 Å². The highest BCUT2D eigenvalue weighted by Gasteiger charge is 2.17. The first-order valence-electron chi connectivity index (χ1n) is 8.08. The summed E-state index contributed by atoms with van der Waals surface area (Å²) in [6.07, 6.45) is 3.21. The van der Waals surface area contributed by atoms with E-state index in [-0.39, 0.29) is 11.8 Å². The molecular formula is C17H22N6O. The molecule has 0 aliphatic rings. The molecule has 24 heavy (non-hydrogen) atoms. The maximum absolute atomic E-state index is 12.4. The molecule has 1 amide bonds. The predicted molar refractivity (Wildman–Crippen MR) is 91.6 cm³/mol. The second kappa shape index (κ2) is 6.82. The Balaban J connectivity index is 1.59. The van der Waals surface area contributed by atoms with Gasteiger partial charge in [0, 0.05) is 43.0 Å². The largest absolute Gasteiger partial charge is 0.361 e. The fourth-order valence-electron chi connectivity index (χ4n) is 2.90. The molecule has 0 fully saturated rings. The van der Waals surface area contributed by atoms with Gasteiger partial charge in [0.15, 0.2) is 5.82 Å². The van der Waals surface area contributed by atoms with Crippen LogP contribution in [-0.4, -0.2) is 50.0 Å². The molecule has 0 aliphatic heterocycles. The second-order valence-corrected chi connectivity index (χ2v) is 6.31. The number of nitrogens with one attached hydrogen (secondary N) is 2. The lowest BCUT2D eigenvalue weighted by atomic mass is 10.1. The van der Waals surface area contributed by atoms with Crippen molar-refractivity contribution in [1.29, 1.82) is 0 Å². The van der Waals surface area contributed by atoms with Crippen LogP contribution in [-0.2, 0) is 11.2 Å². The number of H-pyrrole nitrogens is 2. The summed E-state index contributed by atoms with van der Waals surface area (Å²) in [6.45, 7) is 4.64. The van der Waals surface area contributed by atoms with E-state index in [1.807, 2.05) is 20.2 Å². The van der Waals surface area contributed by atoms with Gasteiger partial charge in [0.05, 0.1) is 0 Å². The van der Waals surface area contributed by atoms with Crippen molar-refractivity contribution >= 4 is 16.8 Å². The van der Waals surface area contributed by atoms with E-state index in [9.17, 15) is 4.79 Å². The number of rotatable bonds is 6. The van der Waals surface area contributed by atoms with E-state index in [2.05, 4.69) is 50.7 Å². The fraction of sp³-hybridized carbons (Fsp3) is 0.412. The summed E-state index contributed by atoms with van der Waals surface area (Å²) in [7, 11) is 1.82. The number of fused-ring (bicyclic) bond motifs is 1. The number of likely N-dealkylation sites (N-methyl/N-ethyl adjacent to an activating group) is 1. The SMILES string of the molecule is Cc1ccc2[nH]cc(CCC(=O)N(C)CC(C)c3nn[nH]n3)c2c1. The Hall–Kier alpha value is -2.70. The van der Waals surface area contributed by atoms with E-state index in [0.717, 1.165) is 11.9 Å². The number of aromatic amines is 2. The predicted octanol–water partition coefficient (Wildman–Crippen LogP) is 2.18. The number of carbonyl (C=O) groups excluding carboxylic acids is 1. The molecule has 126 valence electrons. The van der Waals surface area contributed by atoms with E-state index < -0.39 is 0 Å². The van der Waals surface area contributed by atoms with Gasteiger partial charge in [-0.05, 0) is 31.0 Å². The van der Waals surface area contributed by atoms with Crippen LogP contribution in [0.25, 0.3) is 10.9 Å². The minimum Gasteiger partial charge on any atom is -0.361 e. The smallest absolute Gasteiger partial charge is 0.222 e. The fourth-order valence-corrected chi connectivity index (χ4v) is 2.90. The minimum atomic E-state index is 0.0495. The third-order valence-electron chi connectivity index (χ3n) is 4.31. The third-order valence-corrected chi connectivity index (χ3v) is 4.31. The van der Waals surface area contributed by atoms with Crippen LogP contribution in [0.5, 0.6) is 0 Å². The molecule has 3 rings (SSSR count). The van der Waals surface area contributed by atoms with Crippen LogP contribution < -0.4 is 0 Å². The number of amides is 1. The Kier molecular flexibility index (Phi) is 4.59. The van der Waals surface area contributed by atoms with Gasteiger partial charge in [0.25, 0.3) is 0 Å². The summed E-state index contributed by atoms with van der Waals surface area (Å²) in [5, 5.41) is 15.1. The summed E-state index contributed by atoms with van der Waals surface area (Å²) >= 11 is 0. The van der Waals surface area contributed by atoms with E-state index in [1.54, 1.807) is 4.90 Å². The number of hydrogen-bond donors (Lipinski definition) is 2. The molecular weight excluding hydrogens is 304 g/mol. The molecule has 1 atom stereocenters. The highest BCUT2D eigenvalue weighted by molar-refractivity contribution is 5.84. The highest BCUT2D eigenvalue weighted by atomic mass is 16.2. The zero-order valence-electron chi connectivity index (χ0n) is 14.2. The number of carbonyl (C=O) groups is 1. The molecule has 2 N–H and O–H groups in total. The van der Waals surface area contributed by atoms with Crippen molar-refractivity contribution in [2.45, 2.75) is 32.6 Å². The molecule has 1 aromatic carbocycles. The Bertz CT molecular complexity index is 823. The average molecular weight is 326 g/mol. The van der Waals surface area contributed by atoms with Gasteiger partial charge < -0.3 is 9.88 Å². The Morgan fingerprint density at radius 1 is 1.38 bits per heavy atom. The first-order chi connectivity index (χ1) is 11.5. The van der Waals surface area contributed by atoms with Crippen molar-refractivity contribution in [2.75, 3.05) is 13.6 Å². The summed E-state index contributed by atoms with van der Waals surface area (Å²) < 4.78 is 0. The van der Waals surface area contributed by atoms with Crippen molar-refractivity contribution < 1.29 is 4.79 Å². The van der Waals surface area contributed by atoms with Gasteiger partial charge >= 0.3 is 0 Å². The molecule has 2 heterocycles. The Morgan fingerprint density at radius 2 is 2.21 bits per heavy atom. The minimum absolute atomic E-state index is 0.0495. The van der Waals surface area contributed by atoms with Crippen LogP contribution in [0.3, 0.4) is 0 Å². The molecule has 0 aliphatic carbocycles. The Labute approximate surface area is 140 Å². The van der Waals surface area contributed by atoms with Gasteiger partial charge in [-0.1, -0.05) is 23.8 Å². The van der Waals surface area contributed by atoms with Crippen molar-refractivity contribution in [3.63, 3.8) is 0 Å². The van der Waals surface area contributed by atoms with Crippen molar-refractivity contribution in [1.82, 2.24) is 30.5 Å². The molecule has 0 spiro atoms. The van der Waals surface area contributed by atoms with Gasteiger partial charge in [-0.25, -0.2) is 0 Å². The van der Waals surface area contributed by atoms with Crippen LogP contribution in [0.4, 0.5) is 0 Å². The van der Waals surface area contributed by atoms with Crippen LogP contribution in [0.1, 0.15) is 36.2 Å². The molecule has 2 aromatic heterocycles. The maximum atomic E-state index is 12.4. The molecule has 0 radical (unpaired) electrons. The molecule has 7 nitrogen and oxygen atoms in total. The molecule has 1 unspecified atom stereocenters. The van der Waals surface area contributed by atoms with Gasteiger partial charge in [-0.2, -0.15) is 5.21 Å². The van der Waals surface area contributed by atoms with E-state index in [4.69, 9.17) is 0 Å². The average Bonchev–Trinajstić information content (AvgIpc) is 3.22. The Morgan fingerprint density at radius 3 is 2.96 bits per heavy atom. The normalized spacial score (nSPS) is 12.5. The number of benzene rings is 1. The zero-order chi connectivity index (χ0) is 17.1. The van der Waals surface area contributed by atoms with Crippen LogP contribution >= 0.6 is 0 Å². The standard InChI is InChI=1S/C17H22N6O/c1-11-4-6-15-14(8-11)13(9-18-15)5-7-16(24)23(3)10-12(2)17-19-21-22-20-17/h4,6,8-9,12,18H,5,7,10H2,1-3H3,(H,19,20,21,22). The van der Waals surface area contributed by atoms with E-state index in [1.165, 1.54) is 16.5 Å². The highest BCUT2D eigenvalue weighted by Crippen LogP contribution is 2.21. The van der Waals surface area contributed by atoms with Gasteiger partial charge in [0.1, 0.15) is 0 Å². The van der Waals surface area contributed by atoms with Crippen LogP contribution in [0.2, 0.25) is 0 Å². The number of aromatic nitrogens is 5. The summed E-state index contributed by atoms with van der Waals surface area (Å²) in [5.41, 5.74) is 3.52. The summed E-state index contributed by atoms with van der Waals surface area (Å²) in [6, 6.07) is 6.32. The molecule has 0 saturated heterocycles. The monoisotopic (exact) mass is 326 g/mol. The maximum Gasteiger partial charge on any atom is 0.222 e. The van der Waals surface area contributed by atoms with E-state index >= 15 is 0 Å². The van der Waals surface area contributed by atoms with Gasteiger partial charge in [-0.3, -0.25) is 4.79 Å². The van der Waals surface area contributed by atoms with Gasteiger partial charge in [-0.15, -0.1) is 10.2 Å². The topological polar surface area (TPSA) is 90.6 Å². The van der Waals surface area contributed by atoms with E-state index in [0.29, 0.717) is 18.8 Å². The first-order valence-corrected chi connectivity index (χ1v) is 8.08. The molecule has 7 heteroatoms. The van der Waals surface area contributed by atoms with Gasteiger partial charge in [0.2, 0.25) is 5.91 Å². The summed E-state index contributed by atoms with van der Waals surface area (Å²) in [5.74, 6) is 0.794. The zero-order valence-corrected chi connectivity index (χ0v) is 14.2. The lowest BCUT2D eigenvalue weighted by Crippen LogP contribution is -2.30. The third kappa shape index (κ3) is 3.45. The molecule has 0 bridgehead atoms. The van der Waals surface area contributed by atoms with Crippen LogP contribution in [0.15, 0.2) is 24.4 Å². The summed E-state index contributed by atoms with van der Waals surface area (Å²) in [4.78, 5) is 17.4. The lowest BCUT2D eigenvalue weighted by molar-refractivity contribution is -0.130. The first kappa shape index (κ1) is 16.2. The molecule has 0 saturated carbocycles. The molecule has 3 aromatic rings. The second-order valence-electron chi connectivity index (χ2n) is 6.31. The van der Waals surface area contributed by atoms with Crippen molar-refractivity contribution in [3.05, 3.63) is 41.3 Å². The number of nitrogens with zero attached hydrogens (tertiary/aromatic N) is 4. The number of hydrogen-bond acceptors (Lipinski definition) is 4. The quantitative estimate of drug-likeness (QED) is 0.726. The lowest BCUT2D eigenvalue weighted by Gasteiger charge is -2.19. The van der Waals surface area contributed by atoms with Crippen LogP contribution in [0, 0.1) is 6.92 Å². The number of aryl methyl sites for hydroxylation is 2.